The van der Waals surface area contributed by atoms with E-state index in [2.05, 4.69) is 48.9 Å². The molecule has 156 valence electrons. The predicted octanol–water partition coefficient (Wildman–Crippen LogP) is 2.33. The van der Waals surface area contributed by atoms with Gasteiger partial charge in [-0.2, -0.15) is 0 Å². The Morgan fingerprint density at radius 1 is 1.03 bits per heavy atom. The Morgan fingerprint density at radius 3 is 2.07 bits per heavy atom. The molecule has 8 nitrogen and oxygen atoms in total. The van der Waals surface area contributed by atoms with Gasteiger partial charge in [0.1, 0.15) is 5.75 Å². The SMILES string of the molecule is COc1ccc(CN2CCN(Cc3cccnc3)CC2)cc1Br.O=C(O)C(=O)O. The minimum atomic E-state index is -1.82. The molecule has 0 saturated carbocycles. The van der Waals surface area contributed by atoms with Crippen LogP contribution >= 0.6 is 15.9 Å². The molecule has 0 bridgehead atoms. The van der Waals surface area contributed by atoms with E-state index < -0.39 is 11.9 Å². The first-order valence-corrected chi connectivity index (χ1v) is 9.80. The lowest BCUT2D eigenvalue weighted by Crippen LogP contribution is -2.45. The van der Waals surface area contributed by atoms with E-state index in [1.54, 1.807) is 7.11 Å². The Labute approximate surface area is 177 Å². The van der Waals surface area contributed by atoms with Crippen molar-refractivity contribution < 1.29 is 24.5 Å². The molecule has 1 aromatic heterocycles. The molecule has 1 aromatic carbocycles. The van der Waals surface area contributed by atoms with E-state index in [1.165, 1.54) is 11.1 Å². The van der Waals surface area contributed by atoms with Gasteiger partial charge in [0.2, 0.25) is 0 Å². The van der Waals surface area contributed by atoms with Crippen LogP contribution in [-0.4, -0.2) is 70.2 Å². The lowest BCUT2D eigenvalue weighted by molar-refractivity contribution is -0.159. The molecule has 0 amide bonds. The number of rotatable bonds is 5. The number of halogens is 1. The van der Waals surface area contributed by atoms with Crippen LogP contribution in [0.15, 0.2) is 47.2 Å². The van der Waals surface area contributed by atoms with Gasteiger partial charge < -0.3 is 14.9 Å². The second kappa shape index (κ2) is 11.5. The van der Waals surface area contributed by atoms with Gasteiger partial charge in [-0.15, -0.1) is 0 Å². The summed E-state index contributed by atoms with van der Waals surface area (Å²) in [5.74, 6) is -2.76. The molecular weight excluding hydrogens is 442 g/mol. The van der Waals surface area contributed by atoms with Crippen molar-refractivity contribution in [3.63, 3.8) is 0 Å². The fourth-order valence-electron chi connectivity index (χ4n) is 2.92. The van der Waals surface area contributed by atoms with Crippen LogP contribution in [0.25, 0.3) is 0 Å². The summed E-state index contributed by atoms with van der Waals surface area (Å²) in [6.07, 6.45) is 3.79. The third kappa shape index (κ3) is 7.80. The zero-order valence-electron chi connectivity index (χ0n) is 16.1. The summed E-state index contributed by atoms with van der Waals surface area (Å²) in [7, 11) is 1.70. The number of carboxylic acids is 2. The second-order valence-corrected chi connectivity index (χ2v) is 7.35. The summed E-state index contributed by atoms with van der Waals surface area (Å²) in [6, 6.07) is 10.5. The van der Waals surface area contributed by atoms with Gasteiger partial charge in [0.25, 0.3) is 0 Å². The maximum absolute atomic E-state index is 9.10. The van der Waals surface area contributed by atoms with Crippen LogP contribution < -0.4 is 4.74 Å². The maximum atomic E-state index is 9.10. The normalized spacial score (nSPS) is 14.6. The molecule has 2 aromatic rings. The fourth-order valence-corrected chi connectivity index (χ4v) is 3.51. The molecule has 2 N–H and O–H groups in total. The first kappa shape index (κ1) is 22.8. The molecule has 0 radical (unpaired) electrons. The molecule has 1 fully saturated rings. The molecule has 3 rings (SSSR count). The summed E-state index contributed by atoms with van der Waals surface area (Å²) in [6.45, 7) is 6.39. The van der Waals surface area contributed by atoms with Crippen molar-refractivity contribution in [2.24, 2.45) is 0 Å². The van der Waals surface area contributed by atoms with E-state index in [4.69, 9.17) is 24.5 Å². The molecule has 29 heavy (non-hydrogen) atoms. The van der Waals surface area contributed by atoms with Crippen LogP contribution in [-0.2, 0) is 22.7 Å². The number of benzene rings is 1. The third-order valence-corrected chi connectivity index (χ3v) is 5.02. The van der Waals surface area contributed by atoms with Crippen LogP contribution in [0.2, 0.25) is 0 Å². The topological polar surface area (TPSA) is 103 Å². The summed E-state index contributed by atoms with van der Waals surface area (Å²) < 4.78 is 6.31. The summed E-state index contributed by atoms with van der Waals surface area (Å²) >= 11 is 3.56. The van der Waals surface area contributed by atoms with Crippen LogP contribution in [0.4, 0.5) is 0 Å². The van der Waals surface area contributed by atoms with Gasteiger partial charge >= 0.3 is 11.9 Å². The van der Waals surface area contributed by atoms with Crippen molar-refractivity contribution in [1.29, 1.82) is 0 Å². The predicted molar refractivity (Wildman–Crippen MR) is 111 cm³/mol. The van der Waals surface area contributed by atoms with Gasteiger partial charge in [-0.25, -0.2) is 9.59 Å². The van der Waals surface area contributed by atoms with Crippen LogP contribution in [0, 0.1) is 0 Å². The van der Waals surface area contributed by atoms with E-state index in [0.29, 0.717) is 0 Å². The Morgan fingerprint density at radius 2 is 1.62 bits per heavy atom. The number of pyridine rings is 1. The minimum Gasteiger partial charge on any atom is -0.496 e. The minimum absolute atomic E-state index is 0.884. The average Bonchev–Trinajstić information content (AvgIpc) is 2.71. The number of carboxylic acid groups (broad SMARTS) is 2. The highest BCUT2D eigenvalue weighted by Crippen LogP contribution is 2.26. The molecule has 0 aliphatic carbocycles. The standard InChI is InChI=1S/C18H22BrN3O.C2H2O4/c1-23-18-5-4-15(11-17(18)19)13-21-7-9-22(10-8-21)14-16-3-2-6-20-12-16;3-1(4)2(5)6/h2-6,11-12H,7-10,13-14H2,1H3;(H,3,4)(H,5,6). The van der Waals surface area contributed by atoms with Crippen LogP contribution in [0.5, 0.6) is 5.75 Å². The van der Waals surface area contributed by atoms with Crippen molar-refractivity contribution in [3.8, 4) is 5.75 Å². The number of methoxy groups -OCH3 is 1. The number of piperazine rings is 1. The number of hydrogen-bond acceptors (Lipinski definition) is 6. The summed E-state index contributed by atoms with van der Waals surface area (Å²) in [5.41, 5.74) is 2.61. The molecule has 0 unspecified atom stereocenters. The van der Waals surface area contributed by atoms with E-state index in [9.17, 15) is 0 Å². The van der Waals surface area contributed by atoms with Crippen molar-refractivity contribution in [2.75, 3.05) is 33.3 Å². The molecule has 1 saturated heterocycles. The van der Waals surface area contributed by atoms with Gasteiger partial charge in [-0.1, -0.05) is 12.1 Å². The molecule has 1 aliphatic rings. The maximum Gasteiger partial charge on any atom is 0.414 e. The molecule has 1 aliphatic heterocycles. The molecule has 0 spiro atoms. The first-order valence-electron chi connectivity index (χ1n) is 9.01. The smallest absolute Gasteiger partial charge is 0.414 e. The highest BCUT2D eigenvalue weighted by atomic mass is 79.9. The number of nitrogens with zero attached hydrogens (tertiary/aromatic N) is 3. The van der Waals surface area contributed by atoms with Crippen molar-refractivity contribution in [1.82, 2.24) is 14.8 Å². The van der Waals surface area contributed by atoms with E-state index in [1.807, 2.05) is 24.5 Å². The Balaban J connectivity index is 0.000000438. The van der Waals surface area contributed by atoms with Crippen LogP contribution in [0.3, 0.4) is 0 Å². The van der Waals surface area contributed by atoms with Gasteiger partial charge in [0, 0.05) is 51.7 Å². The third-order valence-electron chi connectivity index (χ3n) is 4.40. The first-order chi connectivity index (χ1) is 13.9. The number of aliphatic carboxylic acids is 2. The van der Waals surface area contributed by atoms with Crippen LogP contribution in [0.1, 0.15) is 11.1 Å². The van der Waals surface area contributed by atoms with E-state index in [-0.39, 0.29) is 0 Å². The molecule has 0 atom stereocenters. The quantitative estimate of drug-likeness (QED) is 0.648. The van der Waals surface area contributed by atoms with Gasteiger partial charge in [0.15, 0.2) is 0 Å². The monoisotopic (exact) mass is 465 g/mol. The largest absolute Gasteiger partial charge is 0.496 e. The van der Waals surface area contributed by atoms with E-state index >= 15 is 0 Å². The zero-order valence-corrected chi connectivity index (χ0v) is 17.7. The van der Waals surface area contributed by atoms with E-state index in [0.717, 1.165) is 49.5 Å². The summed E-state index contributed by atoms with van der Waals surface area (Å²) in [4.78, 5) is 27.4. The number of ether oxygens (including phenoxy) is 1. The average molecular weight is 466 g/mol. The second-order valence-electron chi connectivity index (χ2n) is 6.49. The highest BCUT2D eigenvalue weighted by molar-refractivity contribution is 9.10. The number of hydrogen-bond donors (Lipinski definition) is 2. The molecule has 9 heteroatoms. The number of carbonyl (C=O) groups is 2. The Bertz CT molecular complexity index is 799. The van der Waals surface area contributed by atoms with Crippen molar-refractivity contribution in [3.05, 3.63) is 58.3 Å². The molecule has 2 heterocycles. The van der Waals surface area contributed by atoms with Gasteiger partial charge in [-0.3, -0.25) is 14.8 Å². The summed E-state index contributed by atoms with van der Waals surface area (Å²) in [5, 5.41) is 14.8. The van der Waals surface area contributed by atoms with Gasteiger partial charge in [0.05, 0.1) is 11.6 Å². The number of aromatic nitrogens is 1. The van der Waals surface area contributed by atoms with Crippen molar-refractivity contribution in [2.45, 2.75) is 13.1 Å². The Kier molecular flexibility index (Phi) is 9.04. The lowest BCUT2D eigenvalue weighted by atomic mass is 10.2. The van der Waals surface area contributed by atoms with Gasteiger partial charge in [-0.05, 0) is 45.3 Å². The Hall–Kier alpha value is -2.49. The molecular formula is C20H24BrN3O5. The lowest BCUT2D eigenvalue weighted by Gasteiger charge is -2.34. The van der Waals surface area contributed by atoms with Crippen molar-refractivity contribution >= 4 is 27.9 Å². The fraction of sp³-hybridized carbons (Fsp3) is 0.350. The highest BCUT2D eigenvalue weighted by Gasteiger charge is 2.17. The zero-order chi connectivity index (χ0) is 21.2.